The van der Waals surface area contributed by atoms with Gasteiger partial charge in [-0.05, 0) is 56.2 Å². The number of likely N-dealkylation sites (tertiary alicyclic amines) is 1. The Labute approximate surface area is 239 Å². The summed E-state index contributed by atoms with van der Waals surface area (Å²) in [6, 6.07) is 7.07. The molecule has 1 spiro atoms. The van der Waals surface area contributed by atoms with Crippen LogP contribution in [0.1, 0.15) is 49.4 Å². The molecule has 4 aliphatic rings. The molecule has 2 saturated heterocycles. The van der Waals surface area contributed by atoms with Crippen LogP contribution in [0.25, 0.3) is 22.2 Å². The third kappa shape index (κ3) is 3.96. The standard InChI is InChI=1S/C30H37ClN8O/c1-5-24(40)38-14-30(15-38)10-20(11-30)39-17(3)25(26-21-13-34-36-23(21)8-16(2)27(26)31)28(37-39)18-6-7-22-19(9-18)12-33-29(32-4)35-22/h5-7,9,12,16,20-21,23,26-27,34,36H,1,8,10-11,13-15H2,2-4H3,(H,32,33,35). The van der Waals surface area contributed by atoms with Crippen LogP contribution in [-0.2, 0) is 4.79 Å². The van der Waals surface area contributed by atoms with Crippen molar-refractivity contribution in [3.8, 4) is 11.3 Å². The number of nitrogens with zero attached hydrogens (tertiary/aromatic N) is 5. The Balaban J connectivity index is 1.28. The lowest BCUT2D eigenvalue weighted by atomic mass is 9.60. The van der Waals surface area contributed by atoms with Crippen molar-refractivity contribution in [2.75, 3.05) is 32.0 Å². The van der Waals surface area contributed by atoms with Crippen LogP contribution >= 0.6 is 11.6 Å². The molecule has 2 saturated carbocycles. The maximum absolute atomic E-state index is 12.0. The number of rotatable bonds is 5. The fourth-order valence-electron chi connectivity index (χ4n) is 7.88. The zero-order valence-corrected chi connectivity index (χ0v) is 24.1. The third-order valence-electron chi connectivity index (χ3n) is 9.94. The van der Waals surface area contributed by atoms with Crippen LogP contribution in [0.5, 0.6) is 0 Å². The van der Waals surface area contributed by atoms with E-state index in [1.165, 1.54) is 17.3 Å². The van der Waals surface area contributed by atoms with Crippen LogP contribution in [0, 0.1) is 24.2 Å². The Morgan fingerprint density at radius 3 is 2.85 bits per heavy atom. The Hall–Kier alpha value is -3.01. The first kappa shape index (κ1) is 25.9. The molecule has 5 atom stereocenters. The quantitative estimate of drug-likeness (QED) is 0.320. The highest BCUT2D eigenvalue weighted by atomic mass is 35.5. The van der Waals surface area contributed by atoms with Crippen molar-refractivity contribution in [3.05, 3.63) is 48.3 Å². The van der Waals surface area contributed by atoms with Gasteiger partial charge in [-0.1, -0.05) is 19.6 Å². The van der Waals surface area contributed by atoms with Gasteiger partial charge in [0.05, 0.1) is 17.3 Å². The summed E-state index contributed by atoms with van der Waals surface area (Å²) in [5.74, 6) is 1.60. The van der Waals surface area contributed by atoms with Gasteiger partial charge in [-0.3, -0.25) is 20.3 Å². The first-order valence-corrected chi connectivity index (χ1v) is 14.8. The van der Waals surface area contributed by atoms with E-state index >= 15 is 0 Å². The molecule has 40 heavy (non-hydrogen) atoms. The van der Waals surface area contributed by atoms with E-state index in [1.807, 2.05) is 18.1 Å². The summed E-state index contributed by atoms with van der Waals surface area (Å²) < 4.78 is 2.27. The summed E-state index contributed by atoms with van der Waals surface area (Å²) in [6.07, 6.45) is 6.43. The first-order chi connectivity index (χ1) is 19.3. The zero-order valence-electron chi connectivity index (χ0n) is 23.3. The summed E-state index contributed by atoms with van der Waals surface area (Å²) in [7, 11) is 1.83. The van der Waals surface area contributed by atoms with Crippen molar-refractivity contribution < 1.29 is 4.79 Å². The lowest BCUT2D eigenvalue weighted by molar-refractivity contribution is -0.149. The molecule has 2 aliphatic heterocycles. The van der Waals surface area contributed by atoms with Crippen molar-refractivity contribution in [2.24, 2.45) is 17.3 Å². The molecule has 2 aromatic heterocycles. The topological polar surface area (TPSA) is 100 Å². The highest BCUT2D eigenvalue weighted by Gasteiger charge is 2.55. The minimum Gasteiger partial charge on any atom is -0.357 e. The smallest absolute Gasteiger partial charge is 0.245 e. The minimum atomic E-state index is 0.0258. The number of alkyl halides is 1. The van der Waals surface area contributed by atoms with Crippen molar-refractivity contribution in [3.63, 3.8) is 0 Å². The monoisotopic (exact) mass is 560 g/mol. The summed E-state index contributed by atoms with van der Waals surface area (Å²) in [5, 5.41) is 9.39. The molecule has 7 rings (SSSR count). The molecule has 3 aromatic rings. The van der Waals surface area contributed by atoms with Gasteiger partial charge in [0.15, 0.2) is 0 Å². The number of hydrogen-bond acceptors (Lipinski definition) is 7. The Morgan fingerprint density at radius 2 is 2.10 bits per heavy atom. The van der Waals surface area contributed by atoms with Crippen molar-refractivity contribution >= 4 is 34.4 Å². The molecule has 10 heteroatoms. The number of fused-ring (bicyclic) bond motifs is 2. The number of carbonyl (C=O) groups is 1. The van der Waals surface area contributed by atoms with Gasteiger partial charge >= 0.3 is 0 Å². The third-order valence-corrected chi connectivity index (χ3v) is 10.6. The van der Waals surface area contributed by atoms with Crippen molar-refractivity contribution in [2.45, 2.75) is 56.5 Å². The lowest BCUT2D eigenvalue weighted by Gasteiger charge is -2.58. The largest absolute Gasteiger partial charge is 0.357 e. The molecule has 0 bridgehead atoms. The highest BCUT2D eigenvalue weighted by Crippen LogP contribution is 2.56. The van der Waals surface area contributed by atoms with Crippen LogP contribution in [0.3, 0.4) is 0 Å². The average molecular weight is 561 g/mol. The zero-order chi connectivity index (χ0) is 27.8. The Bertz CT molecular complexity index is 1490. The Morgan fingerprint density at radius 1 is 1.30 bits per heavy atom. The summed E-state index contributed by atoms with van der Waals surface area (Å²) in [5.41, 5.74) is 12.6. The predicted octanol–water partition coefficient (Wildman–Crippen LogP) is 4.02. The number of hydrazine groups is 1. The van der Waals surface area contributed by atoms with Gasteiger partial charge in [0.1, 0.15) is 0 Å². The Kier molecular flexibility index (Phi) is 6.18. The van der Waals surface area contributed by atoms with Gasteiger partial charge in [-0.15, -0.1) is 11.6 Å². The van der Waals surface area contributed by atoms with E-state index in [-0.39, 0.29) is 22.6 Å². The summed E-state index contributed by atoms with van der Waals surface area (Å²) in [6.45, 7) is 10.7. The molecule has 2 aliphatic carbocycles. The number of anilines is 1. The number of aromatic nitrogens is 4. The van der Waals surface area contributed by atoms with Gasteiger partial charge < -0.3 is 10.2 Å². The van der Waals surface area contributed by atoms with E-state index in [9.17, 15) is 4.79 Å². The number of nitrogens with one attached hydrogen (secondary N) is 3. The van der Waals surface area contributed by atoms with E-state index in [2.05, 4.69) is 69.4 Å². The van der Waals surface area contributed by atoms with E-state index < -0.39 is 0 Å². The summed E-state index contributed by atoms with van der Waals surface area (Å²) in [4.78, 5) is 23.0. The number of amides is 1. The van der Waals surface area contributed by atoms with Crippen LogP contribution < -0.4 is 16.2 Å². The molecule has 4 heterocycles. The molecule has 210 valence electrons. The molecule has 4 fully saturated rings. The number of benzene rings is 1. The molecular weight excluding hydrogens is 524 g/mol. The number of halogens is 1. The minimum absolute atomic E-state index is 0.0258. The van der Waals surface area contributed by atoms with Gasteiger partial charge in [-0.25, -0.2) is 9.97 Å². The normalized spacial score (nSPS) is 29.2. The van der Waals surface area contributed by atoms with Crippen LogP contribution in [-0.4, -0.2) is 68.7 Å². The molecule has 9 nitrogen and oxygen atoms in total. The van der Waals surface area contributed by atoms with Crippen molar-refractivity contribution in [1.29, 1.82) is 0 Å². The van der Waals surface area contributed by atoms with Gasteiger partial charge in [0.2, 0.25) is 11.9 Å². The molecule has 1 aromatic carbocycles. The van der Waals surface area contributed by atoms with E-state index in [4.69, 9.17) is 16.7 Å². The summed E-state index contributed by atoms with van der Waals surface area (Å²) >= 11 is 7.30. The second-order valence-electron chi connectivity index (χ2n) is 12.4. The van der Waals surface area contributed by atoms with Gasteiger partial charge in [0.25, 0.3) is 0 Å². The number of carbonyl (C=O) groups excluding carboxylic acids is 1. The van der Waals surface area contributed by atoms with Gasteiger partial charge in [-0.2, -0.15) is 5.10 Å². The van der Waals surface area contributed by atoms with Crippen molar-refractivity contribution in [1.82, 2.24) is 35.5 Å². The van der Waals surface area contributed by atoms with Crippen LogP contribution in [0.2, 0.25) is 0 Å². The van der Waals surface area contributed by atoms with Gasteiger partial charge in [0, 0.05) is 77.8 Å². The fourth-order valence-corrected chi connectivity index (χ4v) is 8.30. The van der Waals surface area contributed by atoms with Crippen LogP contribution in [0.4, 0.5) is 5.95 Å². The molecule has 5 unspecified atom stereocenters. The first-order valence-electron chi connectivity index (χ1n) is 14.4. The fraction of sp³-hybridized carbons (Fsp3) is 0.533. The van der Waals surface area contributed by atoms with E-state index in [0.29, 0.717) is 29.9 Å². The molecule has 3 N–H and O–H groups in total. The number of hydrogen-bond donors (Lipinski definition) is 3. The SMILES string of the molecule is C=CC(=O)N1CC2(CC(n3nc(-c4ccc5nc(NC)ncc5c4)c(C4C(Cl)C(C)CC5NNCC54)c3C)C2)C1. The predicted molar refractivity (Wildman–Crippen MR) is 157 cm³/mol. The van der Waals surface area contributed by atoms with E-state index in [0.717, 1.165) is 61.1 Å². The molecular formula is C30H37ClN8O. The van der Waals surface area contributed by atoms with E-state index in [1.54, 1.807) is 0 Å². The maximum Gasteiger partial charge on any atom is 0.245 e. The van der Waals surface area contributed by atoms with Crippen LogP contribution in [0.15, 0.2) is 37.1 Å². The second kappa shape index (κ2) is 9.53. The molecule has 0 radical (unpaired) electrons. The maximum atomic E-state index is 12.0. The second-order valence-corrected chi connectivity index (χ2v) is 13.0. The highest BCUT2D eigenvalue weighted by molar-refractivity contribution is 6.21. The molecule has 1 amide bonds. The lowest BCUT2D eigenvalue weighted by Crippen LogP contribution is -2.63. The average Bonchev–Trinajstić information content (AvgIpc) is 3.51.